The van der Waals surface area contributed by atoms with E-state index in [0.29, 0.717) is 12.5 Å². The van der Waals surface area contributed by atoms with Crippen LogP contribution in [0.5, 0.6) is 0 Å². The highest BCUT2D eigenvalue weighted by atomic mass is 16.5. The average molecular weight is 209 g/mol. The van der Waals surface area contributed by atoms with Crippen molar-refractivity contribution in [2.75, 3.05) is 20.2 Å². The zero-order valence-electron chi connectivity index (χ0n) is 9.37. The van der Waals surface area contributed by atoms with Crippen molar-refractivity contribution in [2.45, 2.75) is 38.1 Å². The molecule has 0 aromatic heterocycles. The first kappa shape index (κ1) is 12.1. The zero-order chi connectivity index (χ0) is 11.1. The fraction of sp³-hybridized carbons (Fsp3) is 0.750. The van der Waals surface area contributed by atoms with Gasteiger partial charge in [0.05, 0.1) is 13.5 Å². The van der Waals surface area contributed by atoms with Crippen LogP contribution in [0.15, 0.2) is 0 Å². The van der Waals surface area contributed by atoms with Gasteiger partial charge < -0.3 is 4.74 Å². The van der Waals surface area contributed by atoms with E-state index >= 15 is 0 Å². The largest absolute Gasteiger partial charge is 0.469 e. The molecule has 0 radical (unpaired) electrons. The van der Waals surface area contributed by atoms with Gasteiger partial charge in [-0.15, -0.1) is 12.3 Å². The van der Waals surface area contributed by atoms with Gasteiger partial charge in [-0.2, -0.15) is 0 Å². The first-order chi connectivity index (χ1) is 7.27. The van der Waals surface area contributed by atoms with Crippen LogP contribution in [0.3, 0.4) is 0 Å². The van der Waals surface area contributed by atoms with E-state index < -0.39 is 0 Å². The third-order valence-corrected chi connectivity index (χ3v) is 2.92. The number of hydrogen-bond donors (Lipinski definition) is 0. The number of nitrogens with zero attached hydrogens (tertiary/aromatic N) is 1. The maximum atomic E-state index is 11.2. The van der Waals surface area contributed by atoms with Crippen LogP contribution in [0, 0.1) is 12.3 Å². The van der Waals surface area contributed by atoms with E-state index in [4.69, 9.17) is 11.2 Å². The van der Waals surface area contributed by atoms with E-state index in [-0.39, 0.29) is 5.97 Å². The lowest BCUT2D eigenvalue weighted by Gasteiger charge is -2.34. The van der Waals surface area contributed by atoms with Gasteiger partial charge in [0.15, 0.2) is 0 Å². The molecule has 0 saturated carbocycles. The van der Waals surface area contributed by atoms with Crippen LogP contribution in [0.4, 0.5) is 0 Å². The van der Waals surface area contributed by atoms with Crippen LogP contribution >= 0.6 is 0 Å². The van der Waals surface area contributed by atoms with E-state index in [1.165, 1.54) is 20.0 Å². The van der Waals surface area contributed by atoms with Crippen molar-refractivity contribution in [2.24, 2.45) is 0 Å². The SMILES string of the molecule is C#CCCN1CCCCC1CC(=O)OC. The third-order valence-electron chi connectivity index (χ3n) is 2.92. The molecule has 3 heteroatoms. The first-order valence-electron chi connectivity index (χ1n) is 5.52. The Hall–Kier alpha value is -1.01. The molecule has 84 valence electrons. The minimum atomic E-state index is -0.118. The Balaban J connectivity index is 2.42. The lowest BCUT2D eigenvalue weighted by Crippen LogP contribution is -2.41. The molecule has 1 aliphatic heterocycles. The number of carbonyl (C=O) groups is 1. The van der Waals surface area contributed by atoms with Gasteiger partial charge in [-0.1, -0.05) is 6.42 Å². The van der Waals surface area contributed by atoms with Crippen LogP contribution in [-0.4, -0.2) is 37.1 Å². The van der Waals surface area contributed by atoms with Gasteiger partial charge in [-0.05, 0) is 19.4 Å². The molecule has 0 N–H and O–H groups in total. The summed E-state index contributed by atoms with van der Waals surface area (Å²) in [7, 11) is 1.44. The Labute approximate surface area is 91.8 Å². The van der Waals surface area contributed by atoms with E-state index in [1.54, 1.807) is 0 Å². The molecule has 0 spiro atoms. The molecule has 0 aromatic carbocycles. The number of hydrogen-bond acceptors (Lipinski definition) is 3. The van der Waals surface area contributed by atoms with Gasteiger partial charge in [-0.25, -0.2) is 0 Å². The van der Waals surface area contributed by atoms with Gasteiger partial charge in [0.25, 0.3) is 0 Å². The molecule has 1 atom stereocenters. The van der Waals surface area contributed by atoms with Crippen LogP contribution in [0.25, 0.3) is 0 Å². The molecule has 1 saturated heterocycles. The standard InChI is InChI=1S/C12H19NO2/c1-3-4-8-13-9-6-5-7-11(13)10-12(14)15-2/h1,11H,4-10H2,2H3. The Morgan fingerprint density at radius 2 is 2.40 bits per heavy atom. The summed E-state index contributed by atoms with van der Waals surface area (Å²) < 4.78 is 4.70. The molecule has 0 aromatic rings. The molecule has 1 rings (SSSR count). The fourth-order valence-corrected chi connectivity index (χ4v) is 2.07. The zero-order valence-corrected chi connectivity index (χ0v) is 9.37. The molecule has 3 nitrogen and oxygen atoms in total. The van der Waals surface area contributed by atoms with Crippen molar-refractivity contribution >= 4 is 5.97 Å². The maximum Gasteiger partial charge on any atom is 0.307 e. The second kappa shape index (κ2) is 6.47. The second-order valence-corrected chi connectivity index (χ2v) is 3.92. The molecule has 0 amide bonds. The number of rotatable bonds is 4. The second-order valence-electron chi connectivity index (χ2n) is 3.92. The van der Waals surface area contributed by atoms with E-state index in [9.17, 15) is 4.79 Å². The average Bonchev–Trinajstić information content (AvgIpc) is 2.28. The topological polar surface area (TPSA) is 29.5 Å². The van der Waals surface area contributed by atoms with Crippen LogP contribution < -0.4 is 0 Å². The monoisotopic (exact) mass is 209 g/mol. The van der Waals surface area contributed by atoms with Crippen molar-refractivity contribution in [3.63, 3.8) is 0 Å². The number of esters is 1. The Bertz CT molecular complexity index is 244. The van der Waals surface area contributed by atoms with Crippen molar-refractivity contribution in [3.05, 3.63) is 0 Å². The van der Waals surface area contributed by atoms with Crippen molar-refractivity contribution in [1.82, 2.24) is 4.90 Å². The Kier molecular flexibility index (Phi) is 5.20. The summed E-state index contributed by atoms with van der Waals surface area (Å²) in [6.07, 6.45) is 10.0. The van der Waals surface area contributed by atoms with Gasteiger partial charge in [0.1, 0.15) is 0 Å². The Morgan fingerprint density at radius 1 is 1.60 bits per heavy atom. The quantitative estimate of drug-likeness (QED) is 0.518. The van der Waals surface area contributed by atoms with Crippen molar-refractivity contribution in [3.8, 4) is 12.3 Å². The molecule has 1 heterocycles. The highest BCUT2D eigenvalue weighted by Gasteiger charge is 2.24. The Morgan fingerprint density at radius 3 is 3.07 bits per heavy atom. The minimum absolute atomic E-state index is 0.118. The molecule has 1 unspecified atom stereocenters. The third kappa shape index (κ3) is 3.93. The molecule has 15 heavy (non-hydrogen) atoms. The summed E-state index contributed by atoms with van der Waals surface area (Å²) >= 11 is 0. The molecular formula is C12H19NO2. The lowest BCUT2D eigenvalue weighted by molar-refractivity contribution is -0.142. The van der Waals surface area contributed by atoms with Crippen molar-refractivity contribution < 1.29 is 9.53 Å². The van der Waals surface area contributed by atoms with Crippen LogP contribution in [0.1, 0.15) is 32.1 Å². The summed E-state index contributed by atoms with van der Waals surface area (Å²) in [4.78, 5) is 13.5. The number of likely N-dealkylation sites (tertiary alicyclic amines) is 1. The summed E-state index contributed by atoms with van der Waals surface area (Å²) in [6, 6.07) is 0.333. The maximum absolute atomic E-state index is 11.2. The van der Waals surface area contributed by atoms with E-state index in [1.807, 2.05) is 0 Å². The van der Waals surface area contributed by atoms with Gasteiger partial charge in [-0.3, -0.25) is 9.69 Å². The molecular weight excluding hydrogens is 190 g/mol. The number of ether oxygens (including phenoxy) is 1. The van der Waals surface area contributed by atoms with E-state index in [0.717, 1.165) is 25.9 Å². The summed E-state index contributed by atoms with van der Waals surface area (Å²) in [5, 5.41) is 0. The van der Waals surface area contributed by atoms with Gasteiger partial charge >= 0.3 is 5.97 Å². The highest BCUT2D eigenvalue weighted by Crippen LogP contribution is 2.19. The summed E-state index contributed by atoms with van der Waals surface area (Å²) in [5.41, 5.74) is 0. The molecule has 0 bridgehead atoms. The molecule has 1 fully saturated rings. The number of methoxy groups -OCH3 is 1. The van der Waals surface area contributed by atoms with Crippen LogP contribution in [0.2, 0.25) is 0 Å². The van der Waals surface area contributed by atoms with Gasteiger partial charge in [0.2, 0.25) is 0 Å². The number of terminal acetylenes is 1. The van der Waals surface area contributed by atoms with Crippen LogP contribution in [-0.2, 0) is 9.53 Å². The highest BCUT2D eigenvalue weighted by molar-refractivity contribution is 5.69. The summed E-state index contributed by atoms with van der Waals surface area (Å²) in [5.74, 6) is 2.53. The van der Waals surface area contributed by atoms with Gasteiger partial charge in [0, 0.05) is 19.0 Å². The fourth-order valence-electron chi connectivity index (χ4n) is 2.07. The van der Waals surface area contributed by atoms with Crippen molar-refractivity contribution in [1.29, 1.82) is 0 Å². The predicted octanol–water partition coefficient (Wildman–Crippen LogP) is 1.43. The molecule has 1 aliphatic rings. The van der Waals surface area contributed by atoms with E-state index in [2.05, 4.69) is 10.8 Å². The molecule has 0 aliphatic carbocycles. The normalized spacial score (nSPS) is 22.0. The first-order valence-corrected chi connectivity index (χ1v) is 5.52. The number of piperidine rings is 1. The smallest absolute Gasteiger partial charge is 0.307 e. The lowest BCUT2D eigenvalue weighted by atomic mass is 9.99. The predicted molar refractivity (Wildman–Crippen MR) is 59.3 cm³/mol. The number of carbonyl (C=O) groups excluding carboxylic acids is 1. The summed E-state index contributed by atoms with van der Waals surface area (Å²) in [6.45, 7) is 1.96. The minimum Gasteiger partial charge on any atom is -0.469 e.